The summed E-state index contributed by atoms with van der Waals surface area (Å²) in [5.74, 6) is 1.42. The van der Waals surface area contributed by atoms with Crippen LogP contribution in [-0.4, -0.2) is 42.5 Å². The number of nitrogens with two attached hydrogens (primary N) is 1. The largest absolute Gasteiger partial charge is 0.368 e. The van der Waals surface area contributed by atoms with Crippen LogP contribution in [-0.2, 0) is 4.79 Å². The van der Waals surface area contributed by atoms with E-state index in [2.05, 4.69) is 24.1 Å². The van der Waals surface area contributed by atoms with E-state index >= 15 is 0 Å². The Kier molecular flexibility index (Phi) is 5.22. The fourth-order valence-electron chi connectivity index (χ4n) is 3.05. The van der Waals surface area contributed by atoms with Crippen molar-refractivity contribution < 1.29 is 4.79 Å². The number of amides is 1. The van der Waals surface area contributed by atoms with Crippen molar-refractivity contribution in [2.75, 3.05) is 19.6 Å². The first kappa shape index (κ1) is 14.8. The van der Waals surface area contributed by atoms with Crippen molar-refractivity contribution in [2.24, 2.45) is 17.6 Å². The molecule has 2 atom stereocenters. The van der Waals surface area contributed by atoms with E-state index in [1.165, 1.54) is 32.1 Å². The average Bonchev–Trinajstić information content (AvgIpc) is 3.14. The van der Waals surface area contributed by atoms with Crippen molar-refractivity contribution in [3.63, 3.8) is 0 Å². The fraction of sp³-hybridized carbons (Fsp3) is 0.933. The summed E-state index contributed by atoms with van der Waals surface area (Å²) in [6.45, 7) is 7.65. The first-order valence-electron chi connectivity index (χ1n) is 7.84. The van der Waals surface area contributed by atoms with E-state index in [1.54, 1.807) is 0 Å². The predicted molar refractivity (Wildman–Crippen MR) is 77.8 cm³/mol. The van der Waals surface area contributed by atoms with Crippen LogP contribution in [0, 0.1) is 11.8 Å². The van der Waals surface area contributed by atoms with Crippen LogP contribution < -0.4 is 11.1 Å². The van der Waals surface area contributed by atoms with Gasteiger partial charge in [0, 0.05) is 12.6 Å². The summed E-state index contributed by atoms with van der Waals surface area (Å²) in [5.41, 5.74) is 5.52. The van der Waals surface area contributed by atoms with Gasteiger partial charge < -0.3 is 16.0 Å². The highest BCUT2D eigenvalue weighted by Crippen LogP contribution is 2.25. The molecule has 19 heavy (non-hydrogen) atoms. The third kappa shape index (κ3) is 4.77. The number of primary amides is 1. The van der Waals surface area contributed by atoms with Gasteiger partial charge in [0.25, 0.3) is 0 Å². The molecule has 4 nitrogen and oxygen atoms in total. The topological polar surface area (TPSA) is 58.4 Å². The number of likely N-dealkylation sites (tertiary alicyclic amines) is 1. The molecule has 3 N–H and O–H groups in total. The number of rotatable bonds is 6. The molecular weight excluding hydrogens is 238 g/mol. The summed E-state index contributed by atoms with van der Waals surface area (Å²) in [6, 6.07) is 0.371. The fourth-order valence-corrected chi connectivity index (χ4v) is 3.05. The molecule has 0 aromatic rings. The van der Waals surface area contributed by atoms with Crippen LogP contribution in [0.5, 0.6) is 0 Å². The zero-order valence-electron chi connectivity index (χ0n) is 12.4. The molecule has 2 rings (SSSR count). The van der Waals surface area contributed by atoms with Crippen molar-refractivity contribution in [2.45, 2.75) is 58.0 Å². The predicted octanol–water partition coefficient (Wildman–Crippen LogP) is 1.35. The summed E-state index contributed by atoms with van der Waals surface area (Å²) >= 11 is 0. The molecule has 1 saturated carbocycles. The van der Waals surface area contributed by atoms with Crippen LogP contribution in [0.15, 0.2) is 0 Å². The summed E-state index contributed by atoms with van der Waals surface area (Å²) in [7, 11) is 0. The summed E-state index contributed by atoms with van der Waals surface area (Å²) < 4.78 is 0. The quantitative estimate of drug-likeness (QED) is 0.764. The maximum atomic E-state index is 11.5. The summed E-state index contributed by atoms with van der Waals surface area (Å²) in [4.78, 5) is 14.0. The van der Waals surface area contributed by atoms with Crippen molar-refractivity contribution >= 4 is 5.91 Å². The molecule has 0 aromatic carbocycles. The molecule has 110 valence electrons. The lowest BCUT2D eigenvalue weighted by atomic mass is 9.89. The maximum absolute atomic E-state index is 11.5. The van der Waals surface area contributed by atoms with Gasteiger partial charge in [0.1, 0.15) is 0 Å². The number of nitrogens with one attached hydrogen (secondary N) is 1. The lowest BCUT2D eigenvalue weighted by Gasteiger charge is -2.25. The normalized spacial score (nSPS) is 27.2. The van der Waals surface area contributed by atoms with E-state index in [9.17, 15) is 4.79 Å². The molecule has 1 saturated heterocycles. The minimum absolute atomic E-state index is 0.164. The molecule has 2 fully saturated rings. The van der Waals surface area contributed by atoms with Crippen LogP contribution in [0.3, 0.4) is 0 Å². The highest BCUT2D eigenvalue weighted by molar-refractivity contribution is 5.80. The Morgan fingerprint density at radius 1 is 1.26 bits per heavy atom. The maximum Gasteiger partial charge on any atom is 0.235 e. The van der Waals surface area contributed by atoms with Crippen molar-refractivity contribution in [3.05, 3.63) is 0 Å². The average molecular weight is 267 g/mol. The van der Waals surface area contributed by atoms with Gasteiger partial charge in [0.2, 0.25) is 5.91 Å². The van der Waals surface area contributed by atoms with E-state index in [1.807, 2.05) is 0 Å². The number of carbonyl (C=O) groups is 1. The molecule has 1 aliphatic heterocycles. The Morgan fingerprint density at radius 2 is 2.00 bits per heavy atom. The van der Waals surface area contributed by atoms with Gasteiger partial charge in [-0.2, -0.15) is 0 Å². The first-order valence-corrected chi connectivity index (χ1v) is 7.84. The lowest BCUT2D eigenvalue weighted by Crippen LogP contribution is -2.50. The van der Waals surface area contributed by atoms with E-state index in [-0.39, 0.29) is 11.9 Å². The number of nitrogens with zero attached hydrogens (tertiary/aromatic N) is 1. The van der Waals surface area contributed by atoms with Crippen LogP contribution >= 0.6 is 0 Å². The lowest BCUT2D eigenvalue weighted by molar-refractivity contribution is -0.120. The number of hydrogen-bond acceptors (Lipinski definition) is 3. The van der Waals surface area contributed by atoms with E-state index in [0.29, 0.717) is 6.04 Å². The zero-order valence-corrected chi connectivity index (χ0v) is 12.4. The standard InChI is InChI=1S/C15H29N3O/c1-11(2)12-4-3-8-18(9-7-12)10-14(15(16)19)17-13-5-6-13/h11-14,17H,3-10H2,1-2H3,(H2,16,19). The first-order chi connectivity index (χ1) is 9.06. The highest BCUT2D eigenvalue weighted by Gasteiger charge is 2.29. The van der Waals surface area contributed by atoms with Gasteiger partial charge in [0.05, 0.1) is 6.04 Å². The minimum atomic E-state index is -0.198. The molecule has 2 unspecified atom stereocenters. The second-order valence-electron chi connectivity index (χ2n) is 6.63. The van der Waals surface area contributed by atoms with Crippen LogP contribution in [0.1, 0.15) is 46.0 Å². The Hall–Kier alpha value is -0.610. The molecule has 1 amide bonds. The van der Waals surface area contributed by atoms with Crippen LogP contribution in [0.25, 0.3) is 0 Å². The van der Waals surface area contributed by atoms with Gasteiger partial charge in [-0.3, -0.25) is 4.79 Å². The van der Waals surface area contributed by atoms with Gasteiger partial charge >= 0.3 is 0 Å². The third-order valence-electron chi connectivity index (χ3n) is 4.61. The van der Waals surface area contributed by atoms with Crippen LogP contribution in [0.2, 0.25) is 0 Å². The van der Waals surface area contributed by atoms with Gasteiger partial charge in [0.15, 0.2) is 0 Å². The Labute approximate surface area is 117 Å². The van der Waals surface area contributed by atoms with Crippen molar-refractivity contribution in [1.82, 2.24) is 10.2 Å². The molecule has 2 aliphatic rings. The molecule has 1 aliphatic carbocycles. The van der Waals surface area contributed by atoms with Crippen molar-refractivity contribution in [1.29, 1.82) is 0 Å². The van der Waals surface area contributed by atoms with Crippen molar-refractivity contribution in [3.8, 4) is 0 Å². The van der Waals surface area contributed by atoms with E-state index < -0.39 is 0 Å². The van der Waals surface area contributed by atoms with Gasteiger partial charge in [-0.05, 0) is 57.0 Å². The monoisotopic (exact) mass is 267 g/mol. The van der Waals surface area contributed by atoms with Gasteiger partial charge in [-0.1, -0.05) is 13.8 Å². The van der Waals surface area contributed by atoms with E-state index in [4.69, 9.17) is 5.73 Å². The highest BCUT2D eigenvalue weighted by atomic mass is 16.1. The Balaban J connectivity index is 1.81. The summed E-state index contributed by atoms with van der Waals surface area (Å²) in [6.07, 6.45) is 6.22. The second-order valence-corrected chi connectivity index (χ2v) is 6.63. The molecule has 0 aromatic heterocycles. The third-order valence-corrected chi connectivity index (χ3v) is 4.61. The summed E-state index contributed by atoms with van der Waals surface area (Å²) in [5, 5.41) is 3.38. The molecule has 1 heterocycles. The minimum Gasteiger partial charge on any atom is -0.368 e. The molecule has 0 bridgehead atoms. The van der Waals surface area contributed by atoms with Gasteiger partial charge in [-0.15, -0.1) is 0 Å². The second kappa shape index (κ2) is 6.71. The number of hydrogen-bond donors (Lipinski definition) is 2. The molecule has 0 spiro atoms. The molecule has 0 radical (unpaired) electrons. The van der Waals surface area contributed by atoms with Gasteiger partial charge in [-0.25, -0.2) is 0 Å². The Morgan fingerprint density at radius 3 is 2.58 bits per heavy atom. The van der Waals surface area contributed by atoms with Crippen LogP contribution in [0.4, 0.5) is 0 Å². The molecule has 4 heteroatoms. The molecular formula is C15H29N3O. The SMILES string of the molecule is CC(C)C1CCCN(CC(NC2CC2)C(N)=O)CC1. The Bertz CT molecular complexity index is 302. The zero-order chi connectivity index (χ0) is 13.8. The smallest absolute Gasteiger partial charge is 0.235 e. The number of carbonyl (C=O) groups excluding carboxylic acids is 1. The van der Waals surface area contributed by atoms with E-state index in [0.717, 1.165) is 31.5 Å².